The largest absolute Gasteiger partial charge is 0.453 e. The number of aromatic nitrogens is 1. The second-order valence-corrected chi connectivity index (χ2v) is 6.81. The highest BCUT2D eigenvalue weighted by Crippen LogP contribution is 2.33. The summed E-state index contributed by atoms with van der Waals surface area (Å²) in [7, 11) is 1.70. The third-order valence-electron chi connectivity index (χ3n) is 3.99. The average Bonchev–Trinajstić information content (AvgIpc) is 2.62. The molecule has 142 valence electrons. The number of pyridine rings is 1. The molecule has 5 nitrogen and oxygen atoms in total. The highest BCUT2D eigenvalue weighted by molar-refractivity contribution is 7.97. The Bertz CT molecular complexity index is 972. The lowest BCUT2D eigenvalue weighted by Crippen LogP contribution is -2.27. The first-order chi connectivity index (χ1) is 12.9. The number of hydrogen-bond acceptors (Lipinski definition) is 5. The van der Waals surface area contributed by atoms with Gasteiger partial charge in [-0.1, -0.05) is 6.08 Å². The van der Waals surface area contributed by atoms with Gasteiger partial charge in [-0.15, -0.1) is 11.8 Å². The van der Waals surface area contributed by atoms with E-state index in [2.05, 4.69) is 0 Å². The second kappa shape index (κ2) is 7.98. The molecular formula is C19H18F2N2O3S. The molecule has 2 aromatic rings. The lowest BCUT2D eigenvalue weighted by atomic mass is 10.0. The molecule has 1 aliphatic rings. The maximum atomic E-state index is 14.0. The molecule has 1 unspecified atom stereocenters. The van der Waals surface area contributed by atoms with Crippen molar-refractivity contribution in [2.24, 2.45) is 0 Å². The molecule has 0 aliphatic carbocycles. The van der Waals surface area contributed by atoms with Gasteiger partial charge >= 0.3 is 0 Å². The Hall–Kier alpha value is -2.58. The van der Waals surface area contributed by atoms with Gasteiger partial charge in [-0.25, -0.2) is 8.78 Å². The lowest BCUT2D eigenvalue weighted by Gasteiger charge is -2.25. The number of nitrogens with zero attached hydrogens (tertiary/aromatic N) is 2. The summed E-state index contributed by atoms with van der Waals surface area (Å²) < 4.78 is 34.3. The summed E-state index contributed by atoms with van der Waals surface area (Å²) >= 11 is 1.47. The van der Waals surface area contributed by atoms with Crippen LogP contribution in [-0.2, 0) is 5.88 Å². The number of halogens is 2. The van der Waals surface area contributed by atoms with Gasteiger partial charge in [-0.05, 0) is 24.5 Å². The van der Waals surface area contributed by atoms with E-state index in [9.17, 15) is 18.7 Å². The predicted molar refractivity (Wildman–Crippen MR) is 102 cm³/mol. The van der Waals surface area contributed by atoms with Crippen LogP contribution in [0.2, 0.25) is 0 Å². The Balaban J connectivity index is 2.09. The van der Waals surface area contributed by atoms with Crippen LogP contribution < -0.4 is 10.3 Å². The van der Waals surface area contributed by atoms with Crippen LogP contribution in [0.5, 0.6) is 11.5 Å². The lowest BCUT2D eigenvalue weighted by molar-refractivity contribution is 0.0980. The smallest absolute Gasteiger partial charge is 0.255 e. The number of thioether (sulfide) groups is 1. The minimum absolute atomic E-state index is 0.142. The van der Waals surface area contributed by atoms with Gasteiger partial charge < -0.3 is 19.3 Å². The van der Waals surface area contributed by atoms with Gasteiger partial charge in [-0.3, -0.25) is 4.79 Å². The number of aliphatic hydroxyl groups is 1. The van der Waals surface area contributed by atoms with Gasteiger partial charge in [0.25, 0.3) is 5.56 Å². The van der Waals surface area contributed by atoms with Crippen LogP contribution >= 0.6 is 11.8 Å². The van der Waals surface area contributed by atoms with Crippen molar-refractivity contribution in [1.82, 2.24) is 9.47 Å². The van der Waals surface area contributed by atoms with Crippen molar-refractivity contribution in [1.29, 1.82) is 0 Å². The summed E-state index contributed by atoms with van der Waals surface area (Å²) in [6, 6.07) is 4.24. The first-order valence-corrected chi connectivity index (χ1v) is 9.45. The van der Waals surface area contributed by atoms with E-state index in [1.165, 1.54) is 28.5 Å². The number of likely N-dealkylation sites (N-methyl/N-ethyl adjacent to an activating group) is 1. The van der Waals surface area contributed by atoms with Crippen molar-refractivity contribution in [3.63, 3.8) is 0 Å². The number of allylic oxidation sites excluding steroid dienone is 2. The number of aliphatic hydroxyl groups excluding tert-OH is 1. The molecule has 0 fully saturated rings. The fourth-order valence-corrected chi connectivity index (χ4v) is 3.08. The van der Waals surface area contributed by atoms with Gasteiger partial charge in [0.15, 0.2) is 11.6 Å². The van der Waals surface area contributed by atoms with Crippen molar-refractivity contribution >= 4 is 17.3 Å². The van der Waals surface area contributed by atoms with E-state index in [0.717, 1.165) is 6.07 Å². The molecular weight excluding hydrogens is 374 g/mol. The predicted octanol–water partition coefficient (Wildman–Crippen LogP) is 3.40. The van der Waals surface area contributed by atoms with E-state index in [-0.39, 0.29) is 17.1 Å². The minimum atomic E-state index is -0.866. The van der Waals surface area contributed by atoms with E-state index in [1.54, 1.807) is 36.5 Å². The quantitative estimate of drug-likeness (QED) is 0.845. The molecule has 1 N–H and O–H groups in total. The molecule has 8 heteroatoms. The van der Waals surface area contributed by atoms with E-state index < -0.39 is 17.9 Å². The number of ether oxygens (including phenoxy) is 1. The molecule has 0 saturated carbocycles. The first kappa shape index (κ1) is 19.2. The average molecular weight is 392 g/mol. The summed E-state index contributed by atoms with van der Waals surface area (Å²) in [6.07, 6.45) is 7.71. The summed E-state index contributed by atoms with van der Waals surface area (Å²) in [4.78, 5) is 13.9. The molecule has 0 spiro atoms. The highest BCUT2D eigenvalue weighted by atomic mass is 32.2. The van der Waals surface area contributed by atoms with E-state index in [4.69, 9.17) is 4.74 Å². The molecule has 0 radical (unpaired) electrons. The molecule has 27 heavy (non-hydrogen) atoms. The summed E-state index contributed by atoms with van der Waals surface area (Å²) in [6.45, 7) is 0. The zero-order chi connectivity index (χ0) is 19.6. The molecule has 1 atom stereocenters. The van der Waals surface area contributed by atoms with Gasteiger partial charge in [-0.2, -0.15) is 0 Å². The number of hydrogen-bond donors (Lipinski definition) is 1. The maximum Gasteiger partial charge on any atom is 0.255 e. The molecule has 1 aliphatic heterocycles. The van der Waals surface area contributed by atoms with Gasteiger partial charge in [0, 0.05) is 42.7 Å². The van der Waals surface area contributed by atoms with Crippen molar-refractivity contribution in [2.75, 3.05) is 13.3 Å². The minimum Gasteiger partial charge on any atom is -0.453 e. The molecule has 3 rings (SSSR count). The number of rotatable bonds is 5. The zero-order valence-electron chi connectivity index (χ0n) is 14.7. The third-order valence-corrected chi connectivity index (χ3v) is 4.53. The van der Waals surface area contributed by atoms with Crippen LogP contribution in [0.3, 0.4) is 0 Å². The molecule has 0 amide bonds. The fourth-order valence-electron chi connectivity index (χ4n) is 2.60. The van der Waals surface area contributed by atoms with Gasteiger partial charge in [0.1, 0.15) is 17.8 Å². The van der Waals surface area contributed by atoms with Gasteiger partial charge in [0.05, 0.1) is 5.88 Å². The van der Waals surface area contributed by atoms with E-state index >= 15 is 0 Å². The monoisotopic (exact) mass is 392 g/mol. The van der Waals surface area contributed by atoms with Crippen LogP contribution in [0.1, 0.15) is 5.56 Å². The maximum absolute atomic E-state index is 14.0. The summed E-state index contributed by atoms with van der Waals surface area (Å²) in [5.41, 5.74) is 0.914. The Morgan fingerprint density at radius 2 is 2.04 bits per heavy atom. The fraction of sp³-hybridized carbons (Fsp3) is 0.211. The standard InChI is InChI=1S/C19H18F2N2O3S/c1-22-9-12(3-6-18(22)24)14-10-23(11-27-2)19(25)8-17(14)26-16-5-4-13(20)7-15(16)21/h3-10,18,24H,11H2,1-2H3. The van der Waals surface area contributed by atoms with Crippen molar-refractivity contribution < 1.29 is 18.6 Å². The SMILES string of the molecule is CSCn1cc(C2=CN(C)C(O)C=C2)c(Oc2ccc(F)cc2F)cc1=O. The van der Waals surface area contributed by atoms with E-state index in [1.807, 2.05) is 6.26 Å². The van der Waals surface area contributed by atoms with Crippen LogP contribution in [0.4, 0.5) is 8.78 Å². The Kier molecular flexibility index (Phi) is 5.67. The van der Waals surface area contributed by atoms with Crippen molar-refractivity contribution in [3.8, 4) is 11.5 Å². The van der Waals surface area contributed by atoms with Crippen LogP contribution in [0.15, 0.2) is 53.6 Å². The molecule has 0 bridgehead atoms. The van der Waals surface area contributed by atoms with Crippen LogP contribution in [0.25, 0.3) is 5.57 Å². The molecule has 1 aromatic carbocycles. The topological polar surface area (TPSA) is 54.7 Å². The van der Waals surface area contributed by atoms with E-state index in [0.29, 0.717) is 23.1 Å². The number of benzene rings is 1. The summed E-state index contributed by atoms with van der Waals surface area (Å²) in [5.74, 6) is -1.19. The molecule has 0 saturated heterocycles. The first-order valence-electron chi connectivity index (χ1n) is 8.06. The molecule has 1 aromatic heterocycles. The zero-order valence-corrected chi connectivity index (χ0v) is 15.5. The van der Waals surface area contributed by atoms with Crippen LogP contribution in [0, 0.1) is 11.6 Å². The second-order valence-electron chi connectivity index (χ2n) is 5.98. The van der Waals surface area contributed by atoms with Crippen LogP contribution in [-0.4, -0.2) is 34.1 Å². The normalized spacial score (nSPS) is 16.4. The third kappa shape index (κ3) is 4.23. The Labute approximate surface area is 159 Å². The van der Waals surface area contributed by atoms with Crippen molar-refractivity contribution in [3.05, 3.63) is 76.4 Å². The summed E-state index contributed by atoms with van der Waals surface area (Å²) in [5, 5.41) is 9.81. The Morgan fingerprint density at radius 3 is 2.70 bits per heavy atom. The van der Waals surface area contributed by atoms with Crippen molar-refractivity contribution in [2.45, 2.75) is 12.1 Å². The Morgan fingerprint density at radius 1 is 1.26 bits per heavy atom. The highest BCUT2D eigenvalue weighted by Gasteiger charge is 2.18. The van der Waals surface area contributed by atoms with Gasteiger partial charge in [0.2, 0.25) is 0 Å². The molecule has 2 heterocycles.